The number of nitrogens with zero attached hydrogens (tertiary/aromatic N) is 2. The van der Waals surface area contributed by atoms with Crippen molar-refractivity contribution in [2.75, 3.05) is 18.9 Å². The minimum Gasteiger partial charge on any atom is -0.406 e. The Morgan fingerprint density at radius 3 is 2.49 bits per heavy atom. The summed E-state index contributed by atoms with van der Waals surface area (Å²) in [4.78, 5) is 29.6. The van der Waals surface area contributed by atoms with Gasteiger partial charge in [0.1, 0.15) is 17.9 Å². The van der Waals surface area contributed by atoms with Gasteiger partial charge in [-0.2, -0.15) is 0 Å². The van der Waals surface area contributed by atoms with Crippen LogP contribution in [-0.4, -0.2) is 55.6 Å². The van der Waals surface area contributed by atoms with Crippen LogP contribution >= 0.6 is 0 Å². The predicted octanol–water partition coefficient (Wildman–Crippen LogP) is 4.43. The number of ether oxygens (including phenoxy) is 1. The van der Waals surface area contributed by atoms with Crippen molar-refractivity contribution in [2.45, 2.75) is 32.2 Å². The van der Waals surface area contributed by atoms with Gasteiger partial charge in [0.2, 0.25) is 5.91 Å². The molecule has 0 spiro atoms. The lowest BCUT2D eigenvalue weighted by atomic mass is 9.81. The number of hydrazine groups is 1. The van der Waals surface area contributed by atoms with E-state index in [2.05, 4.69) is 15.0 Å². The highest BCUT2D eigenvalue weighted by atomic mass is 19.4. The fourth-order valence-corrected chi connectivity index (χ4v) is 4.01. The maximum Gasteiger partial charge on any atom is 0.573 e. The number of carbonyl (C=O) groups excluding carboxylic acids is 2. The molecule has 12 heteroatoms. The van der Waals surface area contributed by atoms with Crippen LogP contribution in [-0.2, 0) is 4.79 Å². The van der Waals surface area contributed by atoms with Crippen LogP contribution in [0.25, 0.3) is 0 Å². The summed E-state index contributed by atoms with van der Waals surface area (Å²) in [6, 6.07) is 7.47. The minimum absolute atomic E-state index is 0.0489. The summed E-state index contributed by atoms with van der Waals surface area (Å²) in [6.07, 6.45) is -2.03. The van der Waals surface area contributed by atoms with Crippen molar-refractivity contribution in [2.24, 2.45) is 22.7 Å². The number of nitrogens with one attached hydrogen (secondary N) is 2. The van der Waals surface area contributed by atoms with Gasteiger partial charge in [-0.1, -0.05) is 38.1 Å². The van der Waals surface area contributed by atoms with Gasteiger partial charge in [-0.25, -0.2) is 9.40 Å². The molecule has 0 heterocycles. The summed E-state index contributed by atoms with van der Waals surface area (Å²) in [5.41, 5.74) is 0.126. The molecule has 200 valence electrons. The zero-order valence-electron chi connectivity index (χ0n) is 20.5. The zero-order valence-corrected chi connectivity index (χ0v) is 20.5. The lowest BCUT2D eigenvalue weighted by Gasteiger charge is -2.37. The quantitative estimate of drug-likeness (QED) is 0.125. The van der Waals surface area contributed by atoms with Crippen LogP contribution in [0.1, 0.15) is 35.7 Å². The third kappa shape index (κ3) is 8.46. The molecular weight excluding hydrogens is 494 g/mol. The van der Waals surface area contributed by atoms with E-state index in [-0.39, 0.29) is 22.7 Å². The molecular formula is C25H29F4N5O3. The van der Waals surface area contributed by atoms with Crippen LogP contribution in [0.5, 0.6) is 5.75 Å². The molecule has 37 heavy (non-hydrogen) atoms. The van der Waals surface area contributed by atoms with Crippen molar-refractivity contribution in [3.8, 4) is 5.75 Å². The lowest BCUT2D eigenvalue weighted by molar-refractivity contribution is -0.274. The van der Waals surface area contributed by atoms with Gasteiger partial charge in [-0.05, 0) is 17.5 Å². The molecule has 0 bridgehead atoms. The summed E-state index contributed by atoms with van der Waals surface area (Å²) in [5.74, 6) is 1.71. The summed E-state index contributed by atoms with van der Waals surface area (Å²) in [7, 11) is 1.49. The Balaban J connectivity index is 2.65. The number of alkyl halides is 3. The molecule has 8 nitrogen and oxygen atoms in total. The maximum atomic E-state index is 14.1. The molecule has 3 atom stereocenters. The molecule has 1 amide bonds. The predicted molar refractivity (Wildman–Crippen MR) is 132 cm³/mol. The average molecular weight is 524 g/mol. The fraction of sp³-hybridized carbons (Fsp3) is 0.360. The molecule has 0 saturated carbocycles. The Morgan fingerprint density at radius 1 is 1.24 bits per heavy atom. The van der Waals surface area contributed by atoms with Crippen molar-refractivity contribution < 1.29 is 31.9 Å². The van der Waals surface area contributed by atoms with Gasteiger partial charge in [0.25, 0.3) is 0 Å². The highest BCUT2D eigenvalue weighted by molar-refractivity contribution is 5.99. The monoisotopic (exact) mass is 523 g/mol. The van der Waals surface area contributed by atoms with Gasteiger partial charge in [0.05, 0.1) is 12.0 Å². The molecule has 3 unspecified atom stereocenters. The first-order chi connectivity index (χ1) is 17.4. The van der Waals surface area contributed by atoms with Gasteiger partial charge >= 0.3 is 6.36 Å². The van der Waals surface area contributed by atoms with E-state index >= 15 is 0 Å². The zero-order chi connectivity index (χ0) is 27.8. The largest absolute Gasteiger partial charge is 0.573 e. The summed E-state index contributed by atoms with van der Waals surface area (Å²) in [5, 5.41) is 11.8. The second kappa shape index (κ2) is 13.1. The molecule has 0 aliphatic carbocycles. The Hall–Kier alpha value is -3.64. The number of nitrogens with two attached hydrogens (primary N) is 1. The van der Waals surface area contributed by atoms with E-state index in [9.17, 15) is 27.2 Å². The first-order valence-corrected chi connectivity index (χ1v) is 11.3. The molecule has 0 radical (unpaired) electrons. The summed E-state index contributed by atoms with van der Waals surface area (Å²) >= 11 is 0. The van der Waals surface area contributed by atoms with Crippen molar-refractivity contribution >= 4 is 30.3 Å². The van der Waals surface area contributed by atoms with E-state index in [1.165, 1.54) is 30.4 Å². The average Bonchev–Trinajstić information content (AvgIpc) is 2.79. The van der Waals surface area contributed by atoms with Crippen LogP contribution in [0.3, 0.4) is 0 Å². The number of rotatable bonds is 12. The Morgan fingerprint density at radius 2 is 1.92 bits per heavy atom. The van der Waals surface area contributed by atoms with E-state index in [1.54, 1.807) is 12.1 Å². The number of benzene rings is 2. The van der Waals surface area contributed by atoms with Crippen LogP contribution in [0.2, 0.25) is 0 Å². The van der Waals surface area contributed by atoms with E-state index < -0.39 is 41.7 Å². The first kappa shape index (κ1) is 29.6. The van der Waals surface area contributed by atoms with Crippen molar-refractivity contribution in [3.63, 3.8) is 0 Å². The van der Waals surface area contributed by atoms with Gasteiger partial charge < -0.3 is 20.5 Å². The van der Waals surface area contributed by atoms with Gasteiger partial charge in [0, 0.05) is 55.3 Å². The van der Waals surface area contributed by atoms with Crippen LogP contribution in [0.4, 0.5) is 23.2 Å². The molecule has 2 aromatic rings. The number of anilines is 1. The smallest absolute Gasteiger partial charge is 0.406 e. The van der Waals surface area contributed by atoms with Crippen molar-refractivity contribution in [1.82, 2.24) is 5.01 Å². The molecule has 0 aromatic heterocycles. The van der Waals surface area contributed by atoms with E-state index in [4.69, 9.17) is 11.3 Å². The van der Waals surface area contributed by atoms with E-state index in [0.717, 1.165) is 18.3 Å². The minimum atomic E-state index is -5.07. The standard InChI is InChI=1S/C25H29F4N5O3/c1-15(2)13-34(31)23(17(11-30)12-32-3)22(21-7-5-4-6-16(21)14-35)24(36)33-19-8-18(26)9-20(10-19)37-25(27,28)29/h4-12,14-15,17,22-23,30H,13,31H2,1-3H3,(H,33,36). The molecule has 2 aromatic carbocycles. The molecule has 0 saturated heterocycles. The fourth-order valence-electron chi connectivity index (χ4n) is 4.01. The number of hydrogen-bond acceptors (Lipinski definition) is 7. The van der Waals surface area contributed by atoms with Gasteiger partial charge in [-0.3, -0.25) is 15.4 Å². The Bertz CT molecular complexity index is 1120. The topological polar surface area (TPSA) is 121 Å². The number of amides is 1. The lowest BCUT2D eigenvalue weighted by Crippen LogP contribution is -2.53. The number of halogens is 4. The van der Waals surface area contributed by atoms with Crippen molar-refractivity contribution in [3.05, 3.63) is 59.4 Å². The van der Waals surface area contributed by atoms with Crippen LogP contribution in [0, 0.1) is 23.1 Å². The van der Waals surface area contributed by atoms with E-state index in [0.29, 0.717) is 18.9 Å². The molecule has 0 aliphatic rings. The summed E-state index contributed by atoms with van der Waals surface area (Å²) in [6.45, 7) is 4.09. The van der Waals surface area contributed by atoms with Crippen molar-refractivity contribution in [1.29, 1.82) is 5.41 Å². The first-order valence-electron chi connectivity index (χ1n) is 11.3. The number of hydrogen-bond donors (Lipinski definition) is 3. The Kier molecular flexibility index (Phi) is 10.4. The van der Waals surface area contributed by atoms with Gasteiger partial charge in [-0.15, -0.1) is 13.2 Å². The van der Waals surface area contributed by atoms with E-state index in [1.807, 2.05) is 13.8 Å². The summed E-state index contributed by atoms with van der Waals surface area (Å²) < 4.78 is 55.9. The third-order valence-corrected chi connectivity index (χ3v) is 5.32. The normalized spacial score (nSPS) is 14.4. The molecule has 0 aliphatic heterocycles. The number of carbonyl (C=O) groups is 2. The molecule has 4 N–H and O–H groups in total. The second-order valence-corrected chi connectivity index (χ2v) is 8.67. The third-order valence-electron chi connectivity index (χ3n) is 5.32. The molecule has 0 fully saturated rings. The SMILES string of the molecule is CN=CC(C=N)C(C(C(=O)Nc1cc(F)cc(OC(F)(F)F)c1)c1ccccc1C=O)N(N)CC(C)C. The highest BCUT2D eigenvalue weighted by Crippen LogP contribution is 2.32. The van der Waals surface area contributed by atoms with Crippen LogP contribution in [0.15, 0.2) is 47.5 Å². The van der Waals surface area contributed by atoms with Crippen LogP contribution < -0.4 is 15.9 Å². The number of aliphatic imine (C=N–C) groups is 1. The molecule has 2 rings (SSSR count). The Labute approximate surface area is 212 Å². The second-order valence-electron chi connectivity index (χ2n) is 8.67. The highest BCUT2D eigenvalue weighted by Gasteiger charge is 2.39. The van der Waals surface area contributed by atoms with Gasteiger partial charge in [0.15, 0.2) is 0 Å². The number of aldehydes is 1. The maximum absolute atomic E-state index is 14.1.